The van der Waals surface area contributed by atoms with E-state index in [1.807, 2.05) is 195 Å². The predicted octanol–water partition coefficient (Wildman–Crippen LogP) is 15.6. The zero-order valence-corrected chi connectivity index (χ0v) is 53.5. The van der Waals surface area contributed by atoms with E-state index in [4.69, 9.17) is 31.9 Å². The highest BCUT2D eigenvalue weighted by Crippen LogP contribution is 2.23. The molecule has 19 heteroatoms. The van der Waals surface area contributed by atoms with Gasteiger partial charge in [0, 0.05) is 79.6 Å². The molecule has 0 spiro atoms. The van der Waals surface area contributed by atoms with E-state index in [1.54, 1.807) is 44.4 Å². The lowest BCUT2D eigenvalue weighted by atomic mass is 10.2. The van der Waals surface area contributed by atoms with E-state index in [-0.39, 0.29) is 38.4 Å². The summed E-state index contributed by atoms with van der Waals surface area (Å²) in [6.07, 6.45) is 7.30. The smallest absolute Gasteiger partial charge is 0.341 e. The Morgan fingerprint density at radius 2 is 0.778 bits per heavy atom. The largest absolute Gasteiger partial charge is 0.478 e. The van der Waals surface area contributed by atoms with Crippen molar-refractivity contribution in [2.75, 3.05) is 26.3 Å². The van der Waals surface area contributed by atoms with Crippen LogP contribution in [0.5, 0.6) is 0 Å². The number of nitrogens with two attached hydrogens (primary N) is 1. The second-order valence-electron chi connectivity index (χ2n) is 16.0. The minimum atomic E-state index is -0.937. The fourth-order valence-electron chi connectivity index (χ4n) is 7.13. The SMILES string of the molecule is C.CC.CC.CC.CC.CC.CCN.CCNC(=O)c1ccn2c(C)c(C)c(C)nc12.CCOC(=O)c1ccn2c(C)c(C)c(C)nc12.CCOC(=O)c1ccn2c(C)c(C)c(Cl)nc12.Cc1nc2c(C(=O)O)ccn2c(C)c1C.F.[2HH].[HH]. The summed E-state index contributed by atoms with van der Waals surface area (Å²) in [5, 5.41) is 12.2. The number of aromatic carboxylic acids is 1. The first-order chi connectivity index (χ1) is 37.6. The quantitative estimate of drug-likeness (QED) is 0.100. The molecular formula is C62H104ClFN10O7. The van der Waals surface area contributed by atoms with Gasteiger partial charge >= 0.3 is 17.9 Å². The summed E-state index contributed by atoms with van der Waals surface area (Å²) in [5.74, 6) is -1.69. The number of carbonyl (C=O) groups is 4. The van der Waals surface area contributed by atoms with E-state index in [2.05, 4.69) is 25.3 Å². The molecule has 0 aliphatic carbocycles. The second kappa shape index (κ2) is 40.9. The number of ether oxygens (including phenoxy) is 2. The molecule has 8 aromatic heterocycles. The maximum Gasteiger partial charge on any atom is 0.341 e. The van der Waals surface area contributed by atoms with Crippen LogP contribution >= 0.6 is 11.6 Å². The summed E-state index contributed by atoms with van der Waals surface area (Å²) in [6, 6.07) is 6.85. The second-order valence-corrected chi connectivity index (χ2v) is 16.4. The molecule has 4 N–H and O–H groups in total. The highest BCUT2D eigenvalue weighted by molar-refractivity contribution is 6.30. The Labute approximate surface area is 491 Å². The van der Waals surface area contributed by atoms with Crippen LogP contribution in [0.15, 0.2) is 49.1 Å². The molecule has 0 bridgehead atoms. The van der Waals surface area contributed by atoms with Crippen molar-refractivity contribution < 1.29 is 41.3 Å². The number of aromatic nitrogens is 8. The number of carboxylic acid groups (broad SMARTS) is 1. The normalized spacial score (nSPS) is 9.42. The van der Waals surface area contributed by atoms with Crippen LogP contribution in [0.2, 0.25) is 5.15 Å². The van der Waals surface area contributed by atoms with Gasteiger partial charge in [0.1, 0.15) is 27.5 Å². The fourth-order valence-corrected chi connectivity index (χ4v) is 7.35. The summed E-state index contributed by atoms with van der Waals surface area (Å²) in [7, 11) is 0. The van der Waals surface area contributed by atoms with Gasteiger partial charge in [0.05, 0.1) is 18.8 Å². The van der Waals surface area contributed by atoms with E-state index in [1.165, 1.54) is 0 Å². The minimum absolute atomic E-state index is 0. The Morgan fingerprint density at radius 1 is 0.519 bits per heavy atom. The van der Waals surface area contributed by atoms with Crippen molar-refractivity contribution >= 4 is 58.0 Å². The zero-order chi connectivity index (χ0) is 61.6. The van der Waals surface area contributed by atoms with Crippen molar-refractivity contribution in [3.05, 3.63) is 139 Å². The van der Waals surface area contributed by atoms with Gasteiger partial charge in [0.25, 0.3) is 5.91 Å². The van der Waals surface area contributed by atoms with Crippen molar-refractivity contribution in [1.82, 2.24) is 42.9 Å². The third-order valence-electron chi connectivity index (χ3n) is 11.8. The van der Waals surface area contributed by atoms with Crippen LogP contribution in [0, 0.1) is 76.2 Å². The summed E-state index contributed by atoms with van der Waals surface area (Å²) in [4.78, 5) is 63.7. The molecule has 0 saturated heterocycles. The highest BCUT2D eigenvalue weighted by atomic mass is 35.5. The van der Waals surface area contributed by atoms with Crippen molar-refractivity contribution in [1.29, 1.82) is 0 Å². The lowest BCUT2D eigenvalue weighted by Gasteiger charge is -2.08. The van der Waals surface area contributed by atoms with Gasteiger partial charge in [-0.05, 0) is 144 Å². The highest BCUT2D eigenvalue weighted by Gasteiger charge is 2.19. The van der Waals surface area contributed by atoms with Crippen molar-refractivity contribution in [2.24, 2.45) is 5.73 Å². The lowest BCUT2D eigenvalue weighted by molar-refractivity contribution is 0.0519. The Kier molecular flexibility index (Phi) is 40.6. The van der Waals surface area contributed by atoms with Gasteiger partial charge in [0.15, 0.2) is 16.9 Å². The maximum atomic E-state index is 11.9. The molecule has 8 heterocycles. The van der Waals surface area contributed by atoms with Gasteiger partial charge in [-0.2, -0.15) is 0 Å². The molecular weight excluding hydrogens is 1050 g/mol. The summed E-state index contributed by atoms with van der Waals surface area (Å²) < 4.78 is 17.5. The number of nitrogens with zero attached hydrogens (tertiary/aromatic N) is 8. The number of carbonyl (C=O) groups excluding carboxylic acids is 3. The Hall–Kier alpha value is -7.18. The van der Waals surface area contributed by atoms with Crippen molar-refractivity contribution in [2.45, 2.75) is 181 Å². The molecule has 0 aliphatic heterocycles. The van der Waals surface area contributed by atoms with E-state index in [9.17, 15) is 19.2 Å². The molecule has 0 aliphatic rings. The minimum Gasteiger partial charge on any atom is -0.478 e. The average Bonchev–Trinajstić information content (AvgIpc) is 4.28. The zero-order valence-electron chi connectivity index (χ0n) is 52.8. The van der Waals surface area contributed by atoms with Gasteiger partial charge in [-0.15, -0.1) is 0 Å². The average molecular weight is 1160 g/mol. The molecule has 0 radical (unpaired) electrons. The first-order valence-corrected chi connectivity index (χ1v) is 28.0. The van der Waals surface area contributed by atoms with Crippen LogP contribution in [0.1, 0.15) is 211 Å². The summed E-state index contributed by atoms with van der Waals surface area (Å²) >= 11 is 6.03. The van der Waals surface area contributed by atoms with Gasteiger partial charge in [-0.1, -0.05) is 95.2 Å². The van der Waals surface area contributed by atoms with E-state index < -0.39 is 5.97 Å². The van der Waals surface area contributed by atoms with Gasteiger partial charge in [0.2, 0.25) is 0 Å². The number of fused-ring (bicyclic) bond motifs is 4. The van der Waals surface area contributed by atoms with Crippen LogP contribution in [-0.4, -0.2) is 92.8 Å². The first-order valence-electron chi connectivity index (χ1n) is 27.7. The molecule has 0 unspecified atom stereocenters. The third-order valence-corrected chi connectivity index (χ3v) is 12.2. The monoisotopic (exact) mass is 1160 g/mol. The van der Waals surface area contributed by atoms with Gasteiger partial charge in [-0.3, -0.25) is 9.50 Å². The topological polar surface area (TPSA) is 214 Å². The number of rotatable bonds is 7. The maximum absolute atomic E-state index is 11.9. The molecule has 1 amide bonds. The number of esters is 2. The number of aryl methyl sites for hydroxylation is 7. The molecule has 458 valence electrons. The lowest BCUT2D eigenvalue weighted by Crippen LogP contribution is -2.22. The molecule has 0 fully saturated rings. The number of hydrogen-bond donors (Lipinski definition) is 3. The Morgan fingerprint density at radius 3 is 1.07 bits per heavy atom. The van der Waals surface area contributed by atoms with Gasteiger partial charge in [-0.25, -0.2) is 34.3 Å². The molecule has 0 saturated carbocycles. The number of amides is 1. The van der Waals surface area contributed by atoms with E-state index in [0.717, 1.165) is 74.3 Å². The van der Waals surface area contributed by atoms with Crippen LogP contribution in [0.3, 0.4) is 0 Å². The van der Waals surface area contributed by atoms with Crippen LogP contribution in [0.25, 0.3) is 22.6 Å². The van der Waals surface area contributed by atoms with Gasteiger partial charge < -0.3 is 43.2 Å². The number of halogens is 2. The number of carboxylic acids is 1. The molecule has 81 heavy (non-hydrogen) atoms. The first kappa shape index (κ1) is 80.3. The molecule has 8 rings (SSSR count). The summed E-state index contributed by atoms with van der Waals surface area (Å²) in [6.45, 7) is 51.2. The van der Waals surface area contributed by atoms with Crippen LogP contribution < -0.4 is 11.1 Å². The molecule has 0 aromatic carbocycles. The van der Waals surface area contributed by atoms with E-state index >= 15 is 0 Å². The van der Waals surface area contributed by atoms with E-state index in [0.29, 0.717) is 58.5 Å². The number of hydrogen-bond acceptors (Lipinski definition) is 11. The molecule has 8 aromatic rings. The van der Waals surface area contributed by atoms with Crippen LogP contribution in [0.4, 0.5) is 4.70 Å². The number of nitrogens with one attached hydrogen (secondary N) is 1. The Bertz CT molecular complexity index is 2950. The van der Waals surface area contributed by atoms with Crippen molar-refractivity contribution in [3.63, 3.8) is 0 Å². The Balaban J connectivity index is -0.000000219. The van der Waals surface area contributed by atoms with Crippen LogP contribution in [-0.2, 0) is 9.47 Å². The standard InChI is InChI=1S/C13H17N3O.C13H16N2O2.C12H13ClN2O2.C11H12N2O2.C2H7N.5C2H6.CH4.FH.2H2/c1-5-14-13(17)11-6-7-16-10(4)8(2)9(3)15-12(11)16;1-5-17-13(16)11-6-7-15-10(4)8(2)9(3)14-12(11)15;1-4-17-12(16)9-5-6-15-8(3)7(2)10(13)14-11(9)15;1-6-7(2)12-10-9(11(14)15)4-5-13(10)8(6)3;1-2-3;5*1-2;;;;/h6-7H,5H2,1-4H3,(H,14,17);6-7H,5H2,1-4H3;5-6H,4H2,1-3H3;4-5H,1-3H3,(H,14,15);2-3H2,1H3;5*1-2H3;1H4;3*1H/i;;;;;;;;;;;;1+1;. The molecule has 0 atom stereocenters. The summed E-state index contributed by atoms with van der Waals surface area (Å²) in [5.41, 5.74) is 20.5. The fraction of sp³-hybridized carbons (Fsp3) is 0.484. The molecule has 17 nitrogen and oxygen atoms in total. The predicted molar refractivity (Wildman–Crippen MR) is 340 cm³/mol. The third kappa shape index (κ3) is 20.4. The van der Waals surface area contributed by atoms with Crippen molar-refractivity contribution in [3.8, 4) is 0 Å².